The smallest absolute Gasteiger partial charge is 0.0587 e. The van der Waals surface area contributed by atoms with Crippen molar-refractivity contribution in [3.8, 4) is 0 Å². The molecule has 0 aromatic heterocycles. The Bertz CT molecular complexity index is 215. The number of hydrogen-bond donors (Lipinski definition) is 1. The molecule has 1 saturated carbocycles. The van der Waals surface area contributed by atoms with Gasteiger partial charge >= 0.3 is 0 Å². The maximum absolute atomic E-state index is 5.78. The van der Waals surface area contributed by atoms with Crippen LogP contribution in [0.15, 0.2) is 0 Å². The molecule has 1 atom stereocenters. The third kappa shape index (κ3) is 4.55. The lowest BCUT2D eigenvalue weighted by atomic mass is 9.80. The van der Waals surface area contributed by atoms with Gasteiger partial charge in [-0.2, -0.15) is 0 Å². The molecule has 0 spiro atoms. The maximum atomic E-state index is 5.78. The monoisotopic (exact) mass is 253 g/mol. The summed E-state index contributed by atoms with van der Waals surface area (Å²) in [4.78, 5) is 0. The van der Waals surface area contributed by atoms with Gasteiger partial charge in [-0.1, -0.05) is 13.8 Å². The van der Waals surface area contributed by atoms with Gasteiger partial charge in [0.05, 0.1) is 6.10 Å². The van der Waals surface area contributed by atoms with Crippen LogP contribution >= 0.6 is 0 Å². The van der Waals surface area contributed by atoms with E-state index in [0.717, 1.165) is 31.0 Å². The highest BCUT2D eigenvalue weighted by molar-refractivity contribution is 4.79. The van der Waals surface area contributed by atoms with Crippen molar-refractivity contribution in [1.29, 1.82) is 0 Å². The summed E-state index contributed by atoms with van der Waals surface area (Å²) in [6, 6.07) is 0.781. The summed E-state index contributed by atoms with van der Waals surface area (Å²) < 4.78 is 5.78. The molecular formula is C16H31NO. The van der Waals surface area contributed by atoms with E-state index in [0.29, 0.717) is 6.10 Å². The first-order valence-electron chi connectivity index (χ1n) is 8.10. The molecule has 0 amide bonds. The van der Waals surface area contributed by atoms with Gasteiger partial charge in [0.25, 0.3) is 0 Å². The summed E-state index contributed by atoms with van der Waals surface area (Å²) in [6.45, 7) is 6.89. The van der Waals surface area contributed by atoms with Gasteiger partial charge in [-0.05, 0) is 69.7 Å². The highest BCUT2D eigenvalue weighted by Crippen LogP contribution is 2.29. The lowest BCUT2D eigenvalue weighted by Crippen LogP contribution is -2.36. The van der Waals surface area contributed by atoms with Gasteiger partial charge in [0.1, 0.15) is 0 Å². The Morgan fingerprint density at radius 1 is 1.06 bits per heavy atom. The van der Waals surface area contributed by atoms with Gasteiger partial charge in [-0.25, -0.2) is 0 Å². The molecule has 1 N–H and O–H groups in total. The van der Waals surface area contributed by atoms with Crippen molar-refractivity contribution in [1.82, 2.24) is 5.32 Å². The zero-order chi connectivity index (χ0) is 12.8. The highest BCUT2D eigenvalue weighted by atomic mass is 16.5. The number of nitrogens with one attached hydrogen (secondary N) is 1. The molecule has 2 rings (SSSR count). The fraction of sp³-hybridized carbons (Fsp3) is 1.00. The van der Waals surface area contributed by atoms with Crippen molar-refractivity contribution < 1.29 is 4.74 Å². The summed E-state index contributed by atoms with van der Waals surface area (Å²) in [5.41, 5.74) is 0. The van der Waals surface area contributed by atoms with E-state index in [1.54, 1.807) is 0 Å². The molecule has 18 heavy (non-hydrogen) atoms. The normalized spacial score (nSPS) is 33.8. The molecular weight excluding hydrogens is 222 g/mol. The SMILES string of the molecule is CC(C)C1CCC(NCCC2CCCCO2)CC1. The molecule has 0 bridgehead atoms. The van der Waals surface area contributed by atoms with E-state index in [1.807, 2.05) is 0 Å². The molecule has 1 saturated heterocycles. The molecule has 2 heteroatoms. The number of rotatable bonds is 5. The molecule has 1 heterocycles. The van der Waals surface area contributed by atoms with Crippen LogP contribution in [0.3, 0.4) is 0 Å². The van der Waals surface area contributed by atoms with Crippen LogP contribution in [0, 0.1) is 11.8 Å². The first-order chi connectivity index (χ1) is 8.75. The average Bonchev–Trinajstić information content (AvgIpc) is 2.40. The van der Waals surface area contributed by atoms with E-state index in [1.165, 1.54) is 51.4 Å². The summed E-state index contributed by atoms with van der Waals surface area (Å²) in [5.74, 6) is 1.85. The fourth-order valence-electron chi connectivity index (χ4n) is 3.47. The van der Waals surface area contributed by atoms with E-state index in [4.69, 9.17) is 4.74 Å². The first-order valence-corrected chi connectivity index (χ1v) is 8.10. The largest absolute Gasteiger partial charge is 0.378 e. The Balaban J connectivity index is 1.55. The summed E-state index contributed by atoms with van der Waals surface area (Å²) >= 11 is 0. The van der Waals surface area contributed by atoms with E-state index < -0.39 is 0 Å². The topological polar surface area (TPSA) is 21.3 Å². The first kappa shape index (κ1) is 14.3. The second-order valence-electron chi connectivity index (χ2n) is 6.59. The van der Waals surface area contributed by atoms with E-state index in [9.17, 15) is 0 Å². The van der Waals surface area contributed by atoms with Gasteiger partial charge in [0.2, 0.25) is 0 Å². The minimum Gasteiger partial charge on any atom is -0.378 e. The maximum Gasteiger partial charge on any atom is 0.0587 e. The number of ether oxygens (including phenoxy) is 1. The van der Waals surface area contributed by atoms with Crippen LogP contribution in [0.5, 0.6) is 0 Å². The molecule has 0 aromatic rings. The summed E-state index contributed by atoms with van der Waals surface area (Å²) in [5, 5.41) is 3.75. The average molecular weight is 253 g/mol. The van der Waals surface area contributed by atoms with Crippen molar-refractivity contribution in [3.63, 3.8) is 0 Å². The summed E-state index contributed by atoms with van der Waals surface area (Å²) in [7, 11) is 0. The van der Waals surface area contributed by atoms with E-state index >= 15 is 0 Å². The standard InChI is InChI=1S/C16H31NO/c1-13(2)14-6-8-15(9-7-14)17-11-10-16-5-3-4-12-18-16/h13-17H,3-12H2,1-2H3. The van der Waals surface area contributed by atoms with Gasteiger partial charge in [0.15, 0.2) is 0 Å². The van der Waals surface area contributed by atoms with Crippen LogP contribution in [-0.2, 0) is 4.74 Å². The fourth-order valence-corrected chi connectivity index (χ4v) is 3.47. The third-order valence-electron chi connectivity index (χ3n) is 4.89. The quantitative estimate of drug-likeness (QED) is 0.805. The molecule has 2 aliphatic rings. The van der Waals surface area contributed by atoms with Crippen LogP contribution in [-0.4, -0.2) is 25.3 Å². The predicted molar refractivity (Wildman–Crippen MR) is 76.8 cm³/mol. The predicted octanol–water partition coefficient (Wildman–Crippen LogP) is 3.75. The highest BCUT2D eigenvalue weighted by Gasteiger charge is 2.23. The molecule has 0 aromatic carbocycles. The van der Waals surface area contributed by atoms with Crippen LogP contribution in [0.4, 0.5) is 0 Å². The second kappa shape index (κ2) is 7.49. The van der Waals surface area contributed by atoms with Crippen molar-refractivity contribution in [2.24, 2.45) is 11.8 Å². The van der Waals surface area contributed by atoms with Crippen molar-refractivity contribution in [3.05, 3.63) is 0 Å². The zero-order valence-electron chi connectivity index (χ0n) is 12.3. The molecule has 106 valence electrons. The van der Waals surface area contributed by atoms with Crippen LogP contribution in [0.1, 0.15) is 65.2 Å². The Kier molecular flexibility index (Phi) is 5.97. The number of hydrogen-bond acceptors (Lipinski definition) is 2. The molecule has 1 aliphatic heterocycles. The van der Waals surface area contributed by atoms with Gasteiger partial charge in [-0.15, -0.1) is 0 Å². The van der Waals surface area contributed by atoms with Crippen LogP contribution in [0.2, 0.25) is 0 Å². The summed E-state index contributed by atoms with van der Waals surface area (Å²) in [6.07, 6.45) is 11.3. The lowest BCUT2D eigenvalue weighted by molar-refractivity contribution is 0.0109. The Labute approximate surface area is 113 Å². The molecule has 2 nitrogen and oxygen atoms in total. The minimum absolute atomic E-state index is 0.540. The van der Waals surface area contributed by atoms with Crippen molar-refractivity contribution in [2.75, 3.05) is 13.2 Å². The molecule has 1 aliphatic carbocycles. The van der Waals surface area contributed by atoms with Gasteiger partial charge in [-0.3, -0.25) is 0 Å². The molecule has 1 unspecified atom stereocenters. The van der Waals surface area contributed by atoms with Crippen LogP contribution in [0.25, 0.3) is 0 Å². The molecule has 0 radical (unpaired) electrons. The van der Waals surface area contributed by atoms with E-state index in [2.05, 4.69) is 19.2 Å². The Hall–Kier alpha value is -0.0800. The van der Waals surface area contributed by atoms with Crippen molar-refractivity contribution >= 4 is 0 Å². The van der Waals surface area contributed by atoms with Crippen molar-refractivity contribution in [2.45, 2.75) is 77.4 Å². The zero-order valence-corrected chi connectivity index (χ0v) is 12.3. The van der Waals surface area contributed by atoms with E-state index in [-0.39, 0.29) is 0 Å². The van der Waals surface area contributed by atoms with Gasteiger partial charge < -0.3 is 10.1 Å². The Morgan fingerprint density at radius 2 is 1.83 bits per heavy atom. The Morgan fingerprint density at radius 3 is 2.44 bits per heavy atom. The third-order valence-corrected chi connectivity index (χ3v) is 4.89. The lowest BCUT2D eigenvalue weighted by Gasteiger charge is -2.32. The van der Waals surface area contributed by atoms with Crippen LogP contribution < -0.4 is 5.32 Å². The molecule has 2 fully saturated rings. The van der Waals surface area contributed by atoms with Gasteiger partial charge in [0, 0.05) is 12.6 Å². The minimum atomic E-state index is 0.540. The second-order valence-corrected chi connectivity index (χ2v) is 6.59.